The second-order valence-electron chi connectivity index (χ2n) is 5.17. The molecule has 1 rings (SSSR count). The van der Waals surface area contributed by atoms with Gasteiger partial charge in [0.15, 0.2) is 0 Å². The Kier molecular flexibility index (Phi) is 6.07. The van der Waals surface area contributed by atoms with E-state index in [2.05, 4.69) is 21.2 Å². The molecule has 0 spiro atoms. The number of methoxy groups -OCH3 is 1. The first-order valence-corrected chi connectivity index (χ1v) is 7.08. The highest BCUT2D eigenvalue weighted by Gasteiger charge is 2.14. The third-order valence-electron chi connectivity index (χ3n) is 2.27. The van der Waals surface area contributed by atoms with Gasteiger partial charge in [-0.25, -0.2) is 4.79 Å². The summed E-state index contributed by atoms with van der Waals surface area (Å²) < 4.78 is 11.2. The number of rotatable bonds is 4. The number of carbonyl (C=O) groups excluding carboxylic acids is 1. The van der Waals surface area contributed by atoms with Gasteiger partial charge in [0.2, 0.25) is 0 Å². The molecule has 0 saturated heterocycles. The van der Waals surface area contributed by atoms with Crippen molar-refractivity contribution in [3.8, 4) is 5.75 Å². The highest BCUT2D eigenvalue weighted by molar-refractivity contribution is 9.10. The van der Waals surface area contributed by atoms with E-state index < -0.39 is 11.7 Å². The molecule has 110 valence electrons. The third-order valence-corrected chi connectivity index (χ3v) is 2.95. The van der Waals surface area contributed by atoms with E-state index in [0.717, 1.165) is 15.8 Å². The summed E-state index contributed by atoms with van der Waals surface area (Å²) in [4.78, 5) is 11.4. The standard InChI is InChI=1S/C15H20BrNO3/c1-15(2,3)20-14(18)17-9-5-6-11-7-8-12(19-4)10-13(11)16/h5-8,10H,9H2,1-4H3,(H,17,18). The van der Waals surface area contributed by atoms with Gasteiger partial charge in [-0.3, -0.25) is 0 Å². The lowest BCUT2D eigenvalue weighted by Gasteiger charge is -2.19. The van der Waals surface area contributed by atoms with Crippen LogP contribution in [-0.2, 0) is 4.74 Å². The van der Waals surface area contributed by atoms with E-state index in [1.54, 1.807) is 7.11 Å². The quantitative estimate of drug-likeness (QED) is 0.900. The Morgan fingerprint density at radius 2 is 2.10 bits per heavy atom. The summed E-state index contributed by atoms with van der Waals surface area (Å²) in [5.41, 5.74) is 0.532. The van der Waals surface area contributed by atoms with Crippen molar-refractivity contribution < 1.29 is 14.3 Å². The normalized spacial score (nSPS) is 11.4. The van der Waals surface area contributed by atoms with Crippen LogP contribution in [-0.4, -0.2) is 25.3 Å². The van der Waals surface area contributed by atoms with Gasteiger partial charge in [-0.05, 0) is 38.5 Å². The summed E-state index contributed by atoms with van der Waals surface area (Å²) >= 11 is 3.47. The number of halogens is 1. The van der Waals surface area contributed by atoms with E-state index in [1.807, 2.05) is 51.1 Å². The van der Waals surface area contributed by atoms with Gasteiger partial charge in [0.1, 0.15) is 11.4 Å². The van der Waals surface area contributed by atoms with Gasteiger partial charge >= 0.3 is 6.09 Å². The third kappa shape index (κ3) is 6.10. The van der Waals surface area contributed by atoms with Gasteiger partial charge < -0.3 is 14.8 Å². The zero-order valence-electron chi connectivity index (χ0n) is 12.2. The molecule has 1 N–H and O–H groups in total. The molecule has 0 radical (unpaired) electrons. The molecule has 0 fully saturated rings. The molecule has 20 heavy (non-hydrogen) atoms. The number of benzene rings is 1. The Morgan fingerprint density at radius 1 is 1.40 bits per heavy atom. The maximum absolute atomic E-state index is 11.4. The number of ether oxygens (including phenoxy) is 2. The van der Waals surface area contributed by atoms with Gasteiger partial charge in [-0.2, -0.15) is 0 Å². The minimum absolute atomic E-state index is 0.410. The zero-order valence-corrected chi connectivity index (χ0v) is 13.8. The fourth-order valence-electron chi connectivity index (χ4n) is 1.41. The van der Waals surface area contributed by atoms with Crippen LogP contribution < -0.4 is 10.1 Å². The fourth-order valence-corrected chi connectivity index (χ4v) is 1.90. The lowest BCUT2D eigenvalue weighted by atomic mass is 10.2. The molecule has 0 saturated carbocycles. The van der Waals surface area contributed by atoms with Crippen LogP contribution in [0.4, 0.5) is 4.79 Å². The molecule has 0 bridgehead atoms. The molecule has 0 unspecified atom stereocenters. The van der Waals surface area contributed by atoms with Gasteiger partial charge in [-0.1, -0.05) is 34.1 Å². The second kappa shape index (κ2) is 7.33. The van der Waals surface area contributed by atoms with Crippen LogP contribution in [0.5, 0.6) is 5.75 Å². The number of hydrogen-bond donors (Lipinski definition) is 1. The van der Waals surface area contributed by atoms with Gasteiger partial charge in [0.05, 0.1) is 7.11 Å². The van der Waals surface area contributed by atoms with E-state index in [0.29, 0.717) is 6.54 Å². The summed E-state index contributed by atoms with van der Waals surface area (Å²) in [5, 5.41) is 2.66. The molecule has 0 heterocycles. The Labute approximate surface area is 128 Å². The van der Waals surface area contributed by atoms with Crippen LogP contribution in [0.25, 0.3) is 6.08 Å². The summed E-state index contributed by atoms with van der Waals surface area (Å²) in [5.74, 6) is 0.793. The predicted octanol–water partition coefficient (Wildman–Crippen LogP) is 4.00. The van der Waals surface area contributed by atoms with Crippen LogP contribution in [0.15, 0.2) is 28.7 Å². The maximum Gasteiger partial charge on any atom is 0.407 e. The zero-order chi connectivity index (χ0) is 15.2. The van der Waals surface area contributed by atoms with Crippen LogP contribution in [0, 0.1) is 0 Å². The van der Waals surface area contributed by atoms with Crippen molar-refractivity contribution in [3.63, 3.8) is 0 Å². The highest BCUT2D eigenvalue weighted by atomic mass is 79.9. The van der Waals surface area contributed by atoms with Gasteiger partial charge in [0, 0.05) is 11.0 Å². The molecule has 0 aliphatic carbocycles. The van der Waals surface area contributed by atoms with Crippen molar-refractivity contribution >= 4 is 28.1 Å². The first-order chi connectivity index (χ1) is 9.31. The Morgan fingerprint density at radius 3 is 2.65 bits per heavy atom. The molecule has 0 aliphatic rings. The van der Waals surface area contributed by atoms with E-state index in [4.69, 9.17) is 9.47 Å². The number of alkyl carbamates (subject to hydrolysis) is 1. The highest BCUT2D eigenvalue weighted by Crippen LogP contribution is 2.23. The van der Waals surface area contributed by atoms with E-state index in [-0.39, 0.29) is 0 Å². The molecule has 1 aromatic rings. The largest absolute Gasteiger partial charge is 0.497 e. The minimum atomic E-state index is -0.479. The van der Waals surface area contributed by atoms with Crippen LogP contribution in [0.3, 0.4) is 0 Å². The summed E-state index contributed by atoms with van der Waals surface area (Å²) in [6.45, 7) is 5.90. The van der Waals surface area contributed by atoms with Gasteiger partial charge in [0.25, 0.3) is 0 Å². The van der Waals surface area contributed by atoms with Crippen molar-refractivity contribution in [1.29, 1.82) is 0 Å². The van der Waals surface area contributed by atoms with Crippen molar-refractivity contribution in [1.82, 2.24) is 5.32 Å². The van der Waals surface area contributed by atoms with Crippen molar-refractivity contribution in [3.05, 3.63) is 34.3 Å². The van der Waals surface area contributed by atoms with Crippen LogP contribution >= 0.6 is 15.9 Å². The molecule has 1 amide bonds. The second-order valence-corrected chi connectivity index (χ2v) is 6.03. The lowest BCUT2D eigenvalue weighted by molar-refractivity contribution is 0.0534. The average Bonchev–Trinajstić information content (AvgIpc) is 2.33. The molecule has 1 aromatic carbocycles. The van der Waals surface area contributed by atoms with Crippen molar-refractivity contribution in [2.24, 2.45) is 0 Å². The summed E-state index contributed by atoms with van der Waals surface area (Å²) in [7, 11) is 1.63. The number of amides is 1. The molecule has 4 nitrogen and oxygen atoms in total. The monoisotopic (exact) mass is 341 g/mol. The van der Waals surface area contributed by atoms with Crippen LogP contribution in [0.2, 0.25) is 0 Å². The maximum atomic E-state index is 11.4. The lowest BCUT2D eigenvalue weighted by Crippen LogP contribution is -2.32. The number of nitrogens with one attached hydrogen (secondary N) is 1. The van der Waals surface area contributed by atoms with Gasteiger partial charge in [-0.15, -0.1) is 0 Å². The SMILES string of the molecule is COc1ccc(C=CCNC(=O)OC(C)(C)C)c(Br)c1. The topological polar surface area (TPSA) is 47.6 Å². The Balaban J connectivity index is 2.48. The van der Waals surface area contributed by atoms with Crippen LogP contribution in [0.1, 0.15) is 26.3 Å². The first-order valence-electron chi connectivity index (χ1n) is 6.29. The van der Waals surface area contributed by atoms with E-state index in [1.165, 1.54) is 0 Å². The molecule has 0 atom stereocenters. The Hall–Kier alpha value is -1.49. The number of hydrogen-bond acceptors (Lipinski definition) is 3. The van der Waals surface area contributed by atoms with E-state index >= 15 is 0 Å². The van der Waals surface area contributed by atoms with E-state index in [9.17, 15) is 4.79 Å². The Bertz CT molecular complexity index is 492. The average molecular weight is 342 g/mol. The number of carbonyl (C=O) groups is 1. The summed E-state index contributed by atoms with van der Waals surface area (Å²) in [6, 6.07) is 5.71. The first kappa shape index (κ1) is 16.6. The van der Waals surface area contributed by atoms with Crippen molar-refractivity contribution in [2.45, 2.75) is 26.4 Å². The minimum Gasteiger partial charge on any atom is -0.497 e. The fraction of sp³-hybridized carbons (Fsp3) is 0.400. The molecule has 0 aliphatic heterocycles. The predicted molar refractivity (Wildman–Crippen MR) is 84.0 cm³/mol. The van der Waals surface area contributed by atoms with Crippen molar-refractivity contribution in [2.75, 3.05) is 13.7 Å². The smallest absolute Gasteiger partial charge is 0.407 e. The molecular weight excluding hydrogens is 322 g/mol. The summed E-state index contributed by atoms with van der Waals surface area (Å²) in [6.07, 6.45) is 3.35. The molecule has 0 aromatic heterocycles. The molecule has 5 heteroatoms. The molecular formula is C15H20BrNO3.